The van der Waals surface area contributed by atoms with Crippen LogP contribution in [-0.4, -0.2) is 6.61 Å². The van der Waals surface area contributed by atoms with Crippen LogP contribution in [0.1, 0.15) is 75.0 Å². The van der Waals surface area contributed by atoms with Gasteiger partial charge in [0.1, 0.15) is 11.6 Å². The molecular formula is C31H35F3O. The van der Waals surface area contributed by atoms with Crippen molar-refractivity contribution >= 4 is 0 Å². The van der Waals surface area contributed by atoms with Crippen molar-refractivity contribution in [3.05, 3.63) is 88.7 Å². The molecule has 0 unspecified atom stereocenters. The minimum atomic E-state index is -0.751. The summed E-state index contributed by atoms with van der Waals surface area (Å²) in [6.45, 7) is 4.51. The zero-order valence-electron chi connectivity index (χ0n) is 20.8. The number of hydrogen-bond acceptors (Lipinski definition) is 1. The van der Waals surface area contributed by atoms with E-state index < -0.39 is 11.6 Å². The van der Waals surface area contributed by atoms with Gasteiger partial charge < -0.3 is 4.74 Å². The van der Waals surface area contributed by atoms with Gasteiger partial charge in [0.25, 0.3) is 0 Å². The molecule has 1 nitrogen and oxygen atoms in total. The second-order valence-corrected chi connectivity index (χ2v) is 9.72. The molecule has 1 fully saturated rings. The molecule has 0 saturated heterocycles. The molecular weight excluding hydrogens is 445 g/mol. The molecule has 0 N–H and O–H groups in total. The minimum absolute atomic E-state index is 0.0314. The molecule has 186 valence electrons. The van der Waals surface area contributed by atoms with Crippen LogP contribution < -0.4 is 4.74 Å². The van der Waals surface area contributed by atoms with Crippen LogP contribution in [0.15, 0.2) is 54.6 Å². The van der Waals surface area contributed by atoms with Gasteiger partial charge in [-0.15, -0.1) is 0 Å². The lowest BCUT2D eigenvalue weighted by molar-refractivity contribution is 0.304. The van der Waals surface area contributed by atoms with Crippen LogP contribution in [0.4, 0.5) is 13.2 Å². The zero-order chi connectivity index (χ0) is 24.8. The summed E-state index contributed by atoms with van der Waals surface area (Å²) in [5.41, 5.74) is 3.43. The second-order valence-electron chi connectivity index (χ2n) is 9.72. The number of aryl methyl sites for hydroxylation is 2. The highest BCUT2D eigenvalue weighted by atomic mass is 19.2. The number of ether oxygens (including phenoxy) is 1. The first-order valence-corrected chi connectivity index (χ1v) is 13.0. The molecule has 3 aromatic rings. The van der Waals surface area contributed by atoms with Crippen LogP contribution >= 0.6 is 0 Å². The second kappa shape index (κ2) is 11.8. The first-order chi connectivity index (χ1) is 17.0. The van der Waals surface area contributed by atoms with E-state index in [9.17, 15) is 4.39 Å². The summed E-state index contributed by atoms with van der Waals surface area (Å²) in [7, 11) is 0. The fourth-order valence-corrected chi connectivity index (χ4v) is 5.35. The molecule has 0 bridgehead atoms. The summed E-state index contributed by atoms with van der Waals surface area (Å²) in [4.78, 5) is 0. The number of benzene rings is 3. The summed E-state index contributed by atoms with van der Waals surface area (Å²) in [5, 5.41) is 0. The van der Waals surface area contributed by atoms with E-state index >= 15 is 8.78 Å². The van der Waals surface area contributed by atoms with Gasteiger partial charge in [-0.3, -0.25) is 0 Å². The molecule has 0 spiro atoms. The average Bonchev–Trinajstić information content (AvgIpc) is 2.87. The fraction of sp³-hybridized carbons (Fsp3) is 0.419. The molecule has 3 aromatic carbocycles. The lowest BCUT2D eigenvalue weighted by Gasteiger charge is -2.29. The highest BCUT2D eigenvalue weighted by Gasteiger charge is 2.26. The molecule has 0 aliphatic heterocycles. The Morgan fingerprint density at radius 3 is 2.20 bits per heavy atom. The Kier molecular flexibility index (Phi) is 8.54. The largest absolute Gasteiger partial charge is 0.494 e. The maximum absolute atomic E-state index is 15.1. The van der Waals surface area contributed by atoms with E-state index in [4.69, 9.17) is 4.74 Å². The summed E-state index contributed by atoms with van der Waals surface area (Å²) in [6.07, 6.45) is 7.18. The zero-order valence-corrected chi connectivity index (χ0v) is 20.8. The van der Waals surface area contributed by atoms with Gasteiger partial charge in [-0.25, -0.2) is 13.2 Å². The van der Waals surface area contributed by atoms with E-state index in [1.807, 2.05) is 43.3 Å². The molecule has 0 aromatic heterocycles. The highest BCUT2D eigenvalue weighted by molar-refractivity contribution is 5.65. The van der Waals surface area contributed by atoms with Gasteiger partial charge in [-0.1, -0.05) is 55.8 Å². The average molecular weight is 481 g/mol. The third-order valence-electron chi connectivity index (χ3n) is 7.36. The SMILES string of the molecule is CCCc1ccc(-c2ccc(C3CCC(CCc4ccc(OCC)cc4F)CC3)c(F)c2F)cc1. The van der Waals surface area contributed by atoms with E-state index in [0.29, 0.717) is 46.9 Å². The van der Waals surface area contributed by atoms with Gasteiger partial charge in [0.2, 0.25) is 0 Å². The summed E-state index contributed by atoms with van der Waals surface area (Å²) >= 11 is 0. The van der Waals surface area contributed by atoms with Crippen molar-refractivity contribution in [3.8, 4) is 16.9 Å². The Balaban J connectivity index is 1.35. The van der Waals surface area contributed by atoms with Crippen molar-refractivity contribution in [3.63, 3.8) is 0 Å². The van der Waals surface area contributed by atoms with Crippen LogP contribution in [-0.2, 0) is 12.8 Å². The van der Waals surface area contributed by atoms with E-state index in [1.54, 1.807) is 12.1 Å². The van der Waals surface area contributed by atoms with Crippen molar-refractivity contribution in [1.29, 1.82) is 0 Å². The Morgan fingerprint density at radius 2 is 1.54 bits per heavy atom. The van der Waals surface area contributed by atoms with E-state index in [0.717, 1.165) is 44.9 Å². The third-order valence-corrected chi connectivity index (χ3v) is 7.36. The van der Waals surface area contributed by atoms with Crippen molar-refractivity contribution < 1.29 is 17.9 Å². The maximum Gasteiger partial charge on any atom is 0.166 e. The summed E-state index contributed by atoms with van der Waals surface area (Å²) in [5.74, 6) is -0.612. The first-order valence-electron chi connectivity index (χ1n) is 13.0. The third kappa shape index (κ3) is 6.09. The number of rotatable bonds is 9. The maximum atomic E-state index is 15.1. The molecule has 35 heavy (non-hydrogen) atoms. The molecule has 0 amide bonds. The number of halogens is 3. The van der Waals surface area contributed by atoms with Crippen molar-refractivity contribution in [2.45, 2.75) is 71.1 Å². The van der Waals surface area contributed by atoms with Crippen LogP contribution in [0.5, 0.6) is 5.75 Å². The molecule has 0 radical (unpaired) electrons. The van der Waals surface area contributed by atoms with Gasteiger partial charge in [-0.2, -0.15) is 0 Å². The lowest BCUT2D eigenvalue weighted by atomic mass is 9.76. The Bertz CT molecular complexity index is 1110. The predicted octanol–water partition coefficient (Wildman–Crippen LogP) is 9.03. The van der Waals surface area contributed by atoms with Crippen molar-refractivity contribution in [2.24, 2.45) is 5.92 Å². The van der Waals surface area contributed by atoms with Crippen molar-refractivity contribution in [1.82, 2.24) is 0 Å². The molecule has 0 heterocycles. The molecule has 4 rings (SSSR count). The van der Waals surface area contributed by atoms with E-state index in [-0.39, 0.29) is 11.7 Å². The molecule has 1 saturated carbocycles. The predicted molar refractivity (Wildman–Crippen MR) is 136 cm³/mol. The highest BCUT2D eigenvalue weighted by Crippen LogP contribution is 2.40. The Morgan fingerprint density at radius 1 is 0.800 bits per heavy atom. The van der Waals surface area contributed by atoms with E-state index in [2.05, 4.69) is 6.92 Å². The van der Waals surface area contributed by atoms with Gasteiger partial charge >= 0.3 is 0 Å². The summed E-state index contributed by atoms with van der Waals surface area (Å²) < 4.78 is 49.8. The van der Waals surface area contributed by atoms with Crippen molar-refractivity contribution in [2.75, 3.05) is 6.61 Å². The topological polar surface area (TPSA) is 9.23 Å². The molecule has 1 aliphatic carbocycles. The Labute approximate surface area is 207 Å². The fourth-order valence-electron chi connectivity index (χ4n) is 5.35. The van der Waals surface area contributed by atoms with Crippen LogP contribution in [0.2, 0.25) is 0 Å². The minimum Gasteiger partial charge on any atom is -0.494 e. The van der Waals surface area contributed by atoms with Gasteiger partial charge in [0.15, 0.2) is 11.6 Å². The van der Waals surface area contributed by atoms with E-state index in [1.165, 1.54) is 11.6 Å². The van der Waals surface area contributed by atoms with Gasteiger partial charge in [-0.05, 0) is 92.0 Å². The first kappa shape index (κ1) is 25.3. The number of hydrogen-bond donors (Lipinski definition) is 0. The summed E-state index contributed by atoms with van der Waals surface area (Å²) in [6, 6.07) is 16.3. The standard InChI is InChI=1S/C31H35F3O/c1-3-5-21-6-11-23(12-7-21)27-18-19-28(31(34)30(27)33)24-13-8-22(9-14-24)10-15-25-16-17-26(35-4-2)20-29(25)32/h6-7,11-12,16-20,22,24H,3-5,8-10,13-15H2,1-2H3. The monoisotopic (exact) mass is 480 g/mol. The Hall–Kier alpha value is -2.75. The molecule has 1 aliphatic rings. The van der Waals surface area contributed by atoms with Crippen LogP contribution in [0, 0.1) is 23.4 Å². The van der Waals surface area contributed by atoms with Crippen LogP contribution in [0.25, 0.3) is 11.1 Å². The van der Waals surface area contributed by atoms with Gasteiger partial charge in [0, 0.05) is 11.6 Å². The normalized spacial score (nSPS) is 18.0. The van der Waals surface area contributed by atoms with Crippen LogP contribution in [0.3, 0.4) is 0 Å². The van der Waals surface area contributed by atoms with Gasteiger partial charge in [0.05, 0.1) is 6.61 Å². The molecule has 0 atom stereocenters. The molecule has 4 heteroatoms. The smallest absolute Gasteiger partial charge is 0.166 e. The lowest BCUT2D eigenvalue weighted by Crippen LogP contribution is -2.15. The quantitative estimate of drug-likeness (QED) is 0.297.